The maximum absolute atomic E-state index is 12.6. The van der Waals surface area contributed by atoms with Gasteiger partial charge in [-0.05, 0) is 56.2 Å². The van der Waals surface area contributed by atoms with Crippen LogP contribution in [-0.2, 0) is 16.6 Å². The molecule has 0 aliphatic carbocycles. The van der Waals surface area contributed by atoms with Crippen molar-refractivity contribution in [1.82, 2.24) is 9.78 Å². The molecule has 0 aliphatic rings. The number of aryl methyl sites for hydroxylation is 2. The molecule has 0 spiro atoms. The monoisotopic (exact) mass is 457 g/mol. The van der Waals surface area contributed by atoms with Gasteiger partial charge < -0.3 is 5.32 Å². The lowest BCUT2D eigenvalue weighted by atomic mass is 10.1. The number of nitro groups is 1. The van der Waals surface area contributed by atoms with E-state index in [2.05, 4.69) is 15.1 Å². The molecule has 0 unspecified atom stereocenters. The van der Waals surface area contributed by atoms with Crippen molar-refractivity contribution in [2.24, 2.45) is 0 Å². The second kappa shape index (κ2) is 8.79. The molecular formula is C21H23N5O5S. The minimum absolute atomic E-state index is 0.00354. The van der Waals surface area contributed by atoms with Crippen LogP contribution in [0.2, 0.25) is 0 Å². The summed E-state index contributed by atoms with van der Waals surface area (Å²) in [6.45, 7) is 5.33. The predicted octanol–water partition coefficient (Wildman–Crippen LogP) is 3.39. The average Bonchev–Trinajstić information content (AvgIpc) is 2.97. The minimum Gasteiger partial charge on any atom is -0.322 e. The van der Waals surface area contributed by atoms with Crippen LogP contribution in [0.15, 0.2) is 42.5 Å². The van der Waals surface area contributed by atoms with E-state index in [1.165, 1.54) is 0 Å². The summed E-state index contributed by atoms with van der Waals surface area (Å²) in [6.07, 6.45) is 1.06. The molecule has 168 valence electrons. The Bertz CT molecular complexity index is 1300. The molecule has 10 nitrogen and oxygen atoms in total. The summed E-state index contributed by atoms with van der Waals surface area (Å²) in [5, 5.41) is 18.1. The van der Waals surface area contributed by atoms with Crippen LogP contribution in [0.1, 0.15) is 32.9 Å². The minimum atomic E-state index is -3.44. The predicted molar refractivity (Wildman–Crippen MR) is 121 cm³/mol. The highest BCUT2D eigenvalue weighted by Gasteiger charge is 2.21. The fourth-order valence-corrected chi connectivity index (χ4v) is 3.87. The van der Waals surface area contributed by atoms with Gasteiger partial charge in [-0.25, -0.2) is 8.42 Å². The van der Waals surface area contributed by atoms with Crippen molar-refractivity contribution in [2.45, 2.75) is 27.3 Å². The first-order valence-corrected chi connectivity index (χ1v) is 11.5. The second-order valence-corrected chi connectivity index (χ2v) is 9.24. The highest BCUT2D eigenvalue weighted by molar-refractivity contribution is 7.92. The molecule has 0 radical (unpaired) electrons. The zero-order valence-corrected chi connectivity index (χ0v) is 18.9. The number of rotatable bonds is 7. The van der Waals surface area contributed by atoms with Crippen LogP contribution >= 0.6 is 0 Å². The Morgan fingerprint density at radius 2 is 1.78 bits per heavy atom. The largest absolute Gasteiger partial charge is 0.322 e. The van der Waals surface area contributed by atoms with E-state index in [4.69, 9.17) is 0 Å². The van der Waals surface area contributed by atoms with Gasteiger partial charge in [0.1, 0.15) is 11.4 Å². The Labute approximate surface area is 185 Å². The van der Waals surface area contributed by atoms with E-state index in [9.17, 15) is 23.3 Å². The van der Waals surface area contributed by atoms with Crippen molar-refractivity contribution in [1.29, 1.82) is 0 Å². The number of anilines is 2. The smallest absolute Gasteiger partial charge is 0.312 e. The highest BCUT2D eigenvalue weighted by Crippen LogP contribution is 2.23. The van der Waals surface area contributed by atoms with Gasteiger partial charge in [-0.2, -0.15) is 5.10 Å². The molecule has 0 atom stereocenters. The van der Waals surface area contributed by atoms with Crippen molar-refractivity contribution in [3.05, 3.63) is 80.7 Å². The van der Waals surface area contributed by atoms with Gasteiger partial charge in [0.2, 0.25) is 10.0 Å². The van der Waals surface area contributed by atoms with Crippen molar-refractivity contribution in [3.8, 4) is 0 Å². The molecule has 1 heterocycles. The lowest BCUT2D eigenvalue weighted by molar-refractivity contribution is -0.386. The third-order valence-electron chi connectivity index (χ3n) is 4.87. The summed E-state index contributed by atoms with van der Waals surface area (Å²) in [4.78, 5) is 23.3. The average molecular weight is 458 g/mol. The summed E-state index contributed by atoms with van der Waals surface area (Å²) in [6, 6.07) is 11.7. The molecule has 0 saturated carbocycles. The molecule has 2 N–H and O–H groups in total. The summed E-state index contributed by atoms with van der Waals surface area (Å²) in [5.41, 5.74) is 3.62. The molecule has 32 heavy (non-hydrogen) atoms. The molecule has 0 saturated heterocycles. The van der Waals surface area contributed by atoms with Gasteiger partial charge in [0, 0.05) is 11.3 Å². The lowest BCUT2D eigenvalue weighted by Gasteiger charge is -2.11. The van der Waals surface area contributed by atoms with Gasteiger partial charge in [0.05, 0.1) is 23.4 Å². The van der Waals surface area contributed by atoms with E-state index in [0.717, 1.165) is 17.4 Å². The molecule has 3 rings (SSSR count). The molecule has 11 heteroatoms. The first kappa shape index (κ1) is 22.9. The van der Waals surface area contributed by atoms with Gasteiger partial charge in [0.15, 0.2) is 0 Å². The third kappa shape index (κ3) is 5.30. The van der Waals surface area contributed by atoms with Crippen LogP contribution in [0, 0.1) is 30.9 Å². The number of nitrogens with zero attached hydrogens (tertiary/aromatic N) is 3. The Morgan fingerprint density at radius 3 is 2.34 bits per heavy atom. The summed E-state index contributed by atoms with van der Waals surface area (Å²) in [5.74, 6) is -0.354. The number of carbonyl (C=O) groups excluding carboxylic acids is 1. The van der Waals surface area contributed by atoms with E-state index in [-0.39, 0.29) is 11.6 Å². The quantitative estimate of drug-likeness (QED) is 0.412. The maximum atomic E-state index is 12.6. The van der Waals surface area contributed by atoms with E-state index in [1.54, 1.807) is 67.9 Å². The van der Waals surface area contributed by atoms with Gasteiger partial charge in [-0.3, -0.25) is 24.3 Å². The van der Waals surface area contributed by atoms with E-state index < -0.39 is 14.9 Å². The number of hydrogen-bond acceptors (Lipinski definition) is 6. The SMILES string of the molecule is Cc1ccc(NC(=O)c2ccc(Cn3nc(C)c([N+](=O)[O-])c3C)cc2)cc1NS(C)(=O)=O. The first-order chi connectivity index (χ1) is 14.9. The van der Waals surface area contributed by atoms with Crippen molar-refractivity contribution in [3.63, 3.8) is 0 Å². The molecule has 0 fully saturated rings. The van der Waals surface area contributed by atoms with E-state index in [0.29, 0.717) is 34.9 Å². The fourth-order valence-electron chi connectivity index (χ4n) is 3.25. The molecule has 1 aromatic heterocycles. The van der Waals surface area contributed by atoms with Crippen LogP contribution in [0.3, 0.4) is 0 Å². The fraction of sp³-hybridized carbons (Fsp3) is 0.238. The van der Waals surface area contributed by atoms with Crippen molar-refractivity contribution >= 4 is 33.0 Å². The zero-order valence-electron chi connectivity index (χ0n) is 18.0. The molecule has 0 bridgehead atoms. The summed E-state index contributed by atoms with van der Waals surface area (Å²) < 4.78 is 27.0. The maximum Gasteiger partial charge on any atom is 0.312 e. The van der Waals surface area contributed by atoms with Crippen LogP contribution in [0.25, 0.3) is 0 Å². The van der Waals surface area contributed by atoms with Crippen LogP contribution in [-0.4, -0.2) is 35.3 Å². The Hall–Kier alpha value is -3.73. The van der Waals surface area contributed by atoms with Gasteiger partial charge in [-0.1, -0.05) is 18.2 Å². The number of hydrogen-bond donors (Lipinski definition) is 2. The Kier molecular flexibility index (Phi) is 6.30. The van der Waals surface area contributed by atoms with Crippen LogP contribution < -0.4 is 10.0 Å². The van der Waals surface area contributed by atoms with Crippen LogP contribution in [0.5, 0.6) is 0 Å². The van der Waals surface area contributed by atoms with E-state index >= 15 is 0 Å². The standard InChI is InChI=1S/C21H23N5O5S/c1-13-5-10-18(11-19(13)24-32(4,30)31)22-21(27)17-8-6-16(7-9-17)12-25-15(3)20(26(28)29)14(2)23-25/h5-11,24H,12H2,1-4H3,(H,22,27). The number of sulfonamides is 1. The van der Waals surface area contributed by atoms with Gasteiger partial charge in [-0.15, -0.1) is 0 Å². The van der Waals surface area contributed by atoms with Gasteiger partial charge in [0.25, 0.3) is 5.91 Å². The zero-order chi connectivity index (χ0) is 23.6. The number of amides is 1. The second-order valence-electron chi connectivity index (χ2n) is 7.49. The summed E-state index contributed by atoms with van der Waals surface area (Å²) in [7, 11) is -3.44. The third-order valence-corrected chi connectivity index (χ3v) is 5.46. The summed E-state index contributed by atoms with van der Waals surface area (Å²) >= 11 is 0. The molecule has 1 amide bonds. The number of benzene rings is 2. The lowest BCUT2D eigenvalue weighted by Crippen LogP contribution is -2.14. The Balaban J connectivity index is 1.73. The first-order valence-electron chi connectivity index (χ1n) is 9.61. The molecular weight excluding hydrogens is 434 g/mol. The topological polar surface area (TPSA) is 136 Å². The Morgan fingerprint density at radius 1 is 1.12 bits per heavy atom. The van der Waals surface area contributed by atoms with Crippen LogP contribution in [0.4, 0.5) is 17.1 Å². The molecule has 0 aliphatic heterocycles. The number of aromatic nitrogens is 2. The number of carbonyl (C=O) groups is 1. The van der Waals surface area contributed by atoms with Crippen molar-refractivity contribution < 1.29 is 18.1 Å². The normalized spacial score (nSPS) is 11.2. The number of nitrogens with one attached hydrogen (secondary N) is 2. The molecule has 2 aromatic carbocycles. The molecule has 3 aromatic rings. The van der Waals surface area contributed by atoms with Gasteiger partial charge >= 0.3 is 5.69 Å². The van der Waals surface area contributed by atoms with Crippen molar-refractivity contribution in [2.75, 3.05) is 16.3 Å². The van der Waals surface area contributed by atoms with E-state index in [1.807, 2.05) is 0 Å². The highest BCUT2D eigenvalue weighted by atomic mass is 32.2.